The van der Waals surface area contributed by atoms with Gasteiger partial charge < -0.3 is 9.84 Å². The summed E-state index contributed by atoms with van der Waals surface area (Å²) in [6, 6.07) is 10.8. The summed E-state index contributed by atoms with van der Waals surface area (Å²) in [5, 5.41) is 12.6. The molecule has 1 aromatic heterocycles. The van der Waals surface area contributed by atoms with Gasteiger partial charge in [0, 0.05) is 10.4 Å². The van der Waals surface area contributed by atoms with E-state index in [-0.39, 0.29) is 23.0 Å². The van der Waals surface area contributed by atoms with E-state index in [2.05, 4.69) is 4.99 Å². The summed E-state index contributed by atoms with van der Waals surface area (Å²) in [5.41, 5.74) is 1.36. The minimum Gasteiger partial charge on any atom is -0.506 e. The van der Waals surface area contributed by atoms with Crippen molar-refractivity contribution >= 4 is 46.1 Å². The fourth-order valence-electron chi connectivity index (χ4n) is 2.35. The smallest absolute Gasteiger partial charge is 0.344 e. The van der Waals surface area contributed by atoms with Gasteiger partial charge >= 0.3 is 5.97 Å². The lowest BCUT2D eigenvalue weighted by Crippen LogP contribution is -2.14. The van der Waals surface area contributed by atoms with Gasteiger partial charge in [-0.05, 0) is 43.5 Å². The Morgan fingerprint density at radius 1 is 1.22 bits per heavy atom. The Hall–Kier alpha value is -2.64. The number of aliphatic hydroxyl groups excluding tert-OH is 1. The Labute approximate surface area is 165 Å². The number of esters is 1. The van der Waals surface area contributed by atoms with Crippen molar-refractivity contribution in [3.63, 3.8) is 0 Å². The summed E-state index contributed by atoms with van der Waals surface area (Å²) >= 11 is 2.58. The molecule has 0 fully saturated rings. The normalized spacial score (nSPS) is 17.0. The second-order valence-electron chi connectivity index (χ2n) is 5.66. The van der Waals surface area contributed by atoms with Gasteiger partial charge in [-0.1, -0.05) is 35.5 Å². The standard InChI is InChI=1S/C20H17NO4S2/c1-3-25-20(24)16-17(22)15(11-14-5-4-10-26-14)27-19(16)21-18(23)13-8-6-12(2)7-9-13/h4-11,22H,3H2,1-2H3. The van der Waals surface area contributed by atoms with Gasteiger partial charge in [-0.15, -0.1) is 11.3 Å². The number of carbonyl (C=O) groups excluding carboxylic acids is 2. The fraction of sp³-hybridized carbons (Fsp3) is 0.150. The molecule has 1 amide bonds. The molecule has 1 aliphatic heterocycles. The highest BCUT2D eigenvalue weighted by Gasteiger charge is 2.33. The molecule has 0 aliphatic carbocycles. The summed E-state index contributed by atoms with van der Waals surface area (Å²) in [5.74, 6) is -1.40. The predicted octanol–water partition coefficient (Wildman–Crippen LogP) is 4.76. The molecule has 1 aliphatic rings. The first-order valence-electron chi connectivity index (χ1n) is 8.23. The van der Waals surface area contributed by atoms with E-state index in [0.29, 0.717) is 10.5 Å². The molecule has 1 N–H and O–H groups in total. The van der Waals surface area contributed by atoms with E-state index in [0.717, 1.165) is 22.2 Å². The van der Waals surface area contributed by atoms with Crippen molar-refractivity contribution in [2.75, 3.05) is 6.61 Å². The molecule has 0 radical (unpaired) electrons. The Morgan fingerprint density at radius 3 is 2.59 bits per heavy atom. The van der Waals surface area contributed by atoms with E-state index in [1.807, 2.05) is 36.6 Å². The number of nitrogens with zero attached hydrogens (tertiary/aromatic N) is 1. The van der Waals surface area contributed by atoms with Crippen LogP contribution in [0, 0.1) is 6.92 Å². The summed E-state index contributed by atoms with van der Waals surface area (Å²) in [6.45, 7) is 3.76. The van der Waals surface area contributed by atoms with Crippen molar-refractivity contribution in [3.05, 3.63) is 74.0 Å². The number of ether oxygens (including phenoxy) is 1. The molecule has 138 valence electrons. The number of hydrogen-bond donors (Lipinski definition) is 1. The molecule has 0 saturated carbocycles. The van der Waals surface area contributed by atoms with Crippen molar-refractivity contribution in [1.82, 2.24) is 0 Å². The average Bonchev–Trinajstić information content (AvgIpc) is 3.24. The maximum atomic E-state index is 12.5. The highest BCUT2D eigenvalue weighted by Crippen LogP contribution is 2.39. The van der Waals surface area contributed by atoms with Crippen molar-refractivity contribution < 1.29 is 19.4 Å². The number of aliphatic hydroxyl groups is 1. The number of carbonyl (C=O) groups is 2. The van der Waals surface area contributed by atoms with Crippen LogP contribution in [0.2, 0.25) is 0 Å². The third-order valence-electron chi connectivity index (χ3n) is 3.69. The lowest BCUT2D eigenvalue weighted by atomic mass is 10.1. The van der Waals surface area contributed by atoms with Crippen LogP contribution < -0.4 is 0 Å². The Bertz CT molecular complexity index is 954. The first-order chi connectivity index (χ1) is 13.0. The second-order valence-corrected chi connectivity index (χ2v) is 7.67. The minimum absolute atomic E-state index is 0.0786. The summed E-state index contributed by atoms with van der Waals surface area (Å²) in [6.07, 6.45) is 1.75. The minimum atomic E-state index is -0.701. The molecular weight excluding hydrogens is 382 g/mol. The third kappa shape index (κ3) is 4.37. The number of thiophene rings is 1. The zero-order valence-corrected chi connectivity index (χ0v) is 16.4. The number of rotatable bonds is 4. The average molecular weight is 399 g/mol. The number of aryl methyl sites for hydroxylation is 1. The van der Waals surface area contributed by atoms with Gasteiger partial charge in [0.15, 0.2) is 0 Å². The van der Waals surface area contributed by atoms with Crippen LogP contribution in [-0.2, 0) is 9.53 Å². The summed E-state index contributed by atoms with van der Waals surface area (Å²) < 4.78 is 5.03. The van der Waals surface area contributed by atoms with E-state index in [1.165, 1.54) is 11.3 Å². The van der Waals surface area contributed by atoms with Crippen LogP contribution >= 0.6 is 23.1 Å². The first-order valence-corrected chi connectivity index (χ1v) is 9.93. The van der Waals surface area contributed by atoms with Crippen LogP contribution in [0.5, 0.6) is 0 Å². The van der Waals surface area contributed by atoms with Gasteiger partial charge in [0.2, 0.25) is 0 Å². The van der Waals surface area contributed by atoms with Crippen molar-refractivity contribution in [1.29, 1.82) is 0 Å². The molecule has 0 unspecified atom stereocenters. The topological polar surface area (TPSA) is 76.0 Å². The largest absolute Gasteiger partial charge is 0.506 e. The predicted molar refractivity (Wildman–Crippen MR) is 109 cm³/mol. The lowest BCUT2D eigenvalue weighted by molar-refractivity contribution is -0.138. The Kier molecular flexibility index (Phi) is 5.93. The molecule has 0 saturated heterocycles. The first kappa shape index (κ1) is 19.1. The number of aliphatic imine (C=N–C) groups is 1. The molecule has 0 spiro atoms. The maximum absolute atomic E-state index is 12.5. The SMILES string of the molecule is CCOC(=O)C1=C(O)C(=Cc2cccs2)SC1=NC(=O)c1ccc(C)cc1. The molecule has 0 atom stereocenters. The summed E-state index contributed by atoms with van der Waals surface area (Å²) in [7, 11) is 0. The molecule has 1 aromatic carbocycles. The van der Waals surface area contributed by atoms with Gasteiger partial charge in [0.1, 0.15) is 16.4 Å². The van der Waals surface area contributed by atoms with E-state index < -0.39 is 11.9 Å². The molecule has 3 rings (SSSR count). The summed E-state index contributed by atoms with van der Waals surface area (Å²) in [4.78, 5) is 30.2. The molecular formula is C20H17NO4S2. The van der Waals surface area contributed by atoms with E-state index in [1.54, 1.807) is 25.1 Å². The van der Waals surface area contributed by atoms with Gasteiger partial charge in [-0.3, -0.25) is 4.79 Å². The van der Waals surface area contributed by atoms with Crippen LogP contribution in [0.15, 0.2) is 63.0 Å². The molecule has 0 bridgehead atoms. The number of benzene rings is 1. The fourth-order valence-corrected chi connectivity index (χ4v) is 4.08. The zero-order chi connectivity index (χ0) is 19.4. The van der Waals surface area contributed by atoms with Gasteiger partial charge in [0.05, 0.1) is 11.5 Å². The number of hydrogen-bond acceptors (Lipinski definition) is 6. The van der Waals surface area contributed by atoms with Crippen molar-refractivity contribution in [2.45, 2.75) is 13.8 Å². The molecule has 7 heteroatoms. The van der Waals surface area contributed by atoms with Crippen LogP contribution in [0.3, 0.4) is 0 Å². The third-order valence-corrected chi connectivity index (χ3v) is 5.53. The Morgan fingerprint density at radius 2 is 1.96 bits per heavy atom. The Balaban J connectivity index is 1.98. The second kappa shape index (κ2) is 8.37. The monoisotopic (exact) mass is 399 g/mol. The zero-order valence-electron chi connectivity index (χ0n) is 14.8. The molecule has 2 heterocycles. The van der Waals surface area contributed by atoms with Gasteiger partial charge in [-0.2, -0.15) is 0 Å². The molecule has 5 nitrogen and oxygen atoms in total. The van der Waals surface area contributed by atoms with E-state index >= 15 is 0 Å². The molecule has 2 aromatic rings. The quantitative estimate of drug-likeness (QED) is 0.750. The molecule has 27 heavy (non-hydrogen) atoms. The lowest BCUT2D eigenvalue weighted by Gasteiger charge is -2.03. The number of thioether (sulfide) groups is 1. The van der Waals surface area contributed by atoms with Crippen molar-refractivity contribution in [2.24, 2.45) is 4.99 Å². The van der Waals surface area contributed by atoms with Crippen LogP contribution in [0.1, 0.15) is 27.7 Å². The van der Waals surface area contributed by atoms with Crippen LogP contribution in [0.25, 0.3) is 6.08 Å². The highest BCUT2D eigenvalue weighted by molar-refractivity contribution is 8.18. The van der Waals surface area contributed by atoms with Crippen LogP contribution in [-0.4, -0.2) is 28.6 Å². The van der Waals surface area contributed by atoms with Crippen LogP contribution in [0.4, 0.5) is 0 Å². The van der Waals surface area contributed by atoms with Gasteiger partial charge in [-0.25, -0.2) is 9.79 Å². The number of amides is 1. The van der Waals surface area contributed by atoms with E-state index in [4.69, 9.17) is 4.74 Å². The highest BCUT2D eigenvalue weighted by atomic mass is 32.2. The maximum Gasteiger partial charge on any atom is 0.344 e. The van der Waals surface area contributed by atoms with Crippen molar-refractivity contribution in [3.8, 4) is 0 Å². The van der Waals surface area contributed by atoms with E-state index in [9.17, 15) is 14.7 Å². The van der Waals surface area contributed by atoms with Gasteiger partial charge in [0.25, 0.3) is 5.91 Å².